The van der Waals surface area contributed by atoms with Crippen LogP contribution in [0, 0.1) is 15.9 Å². The third-order valence-electron chi connectivity index (χ3n) is 2.77. The number of aromatic nitrogens is 2. The zero-order valence-corrected chi connectivity index (χ0v) is 12.4. The van der Waals surface area contributed by atoms with Gasteiger partial charge in [-0.25, -0.2) is 9.37 Å². The van der Waals surface area contributed by atoms with E-state index in [9.17, 15) is 19.3 Å². The third-order valence-corrected chi connectivity index (χ3v) is 2.77. The second kappa shape index (κ2) is 6.77. The Labute approximate surface area is 130 Å². The molecule has 2 N–H and O–H groups in total. The first kappa shape index (κ1) is 16.3. The number of halogens is 1. The van der Waals surface area contributed by atoms with Gasteiger partial charge < -0.3 is 10.6 Å². The van der Waals surface area contributed by atoms with E-state index in [1.807, 2.05) is 0 Å². The minimum Gasteiger partial charge on any atom is -0.362 e. The van der Waals surface area contributed by atoms with Gasteiger partial charge in [0, 0.05) is 11.6 Å². The number of hydrogen-bond donors (Lipinski definition) is 2. The van der Waals surface area contributed by atoms with Gasteiger partial charge in [-0.05, 0) is 32.0 Å². The number of benzene rings is 1. The summed E-state index contributed by atoms with van der Waals surface area (Å²) >= 11 is 0. The molecule has 0 aliphatic heterocycles. The molecule has 8 nitrogen and oxygen atoms in total. The predicted molar refractivity (Wildman–Crippen MR) is 82.5 cm³/mol. The number of rotatable bonds is 6. The number of nitrogens with one attached hydrogen (secondary N) is 2. The second-order valence-corrected chi connectivity index (χ2v) is 4.97. The summed E-state index contributed by atoms with van der Waals surface area (Å²) in [6.45, 7) is 3.60. The first-order valence-electron chi connectivity index (χ1n) is 6.70. The van der Waals surface area contributed by atoms with Crippen molar-refractivity contribution in [3.63, 3.8) is 0 Å². The lowest BCUT2D eigenvalue weighted by Gasteiger charge is -2.11. The van der Waals surface area contributed by atoms with Gasteiger partial charge in [0.1, 0.15) is 18.3 Å². The fraction of sp³-hybridized carbons (Fsp3) is 0.214. The zero-order chi connectivity index (χ0) is 17.0. The number of nitro groups is 1. The molecule has 1 heterocycles. The van der Waals surface area contributed by atoms with Crippen LogP contribution in [0.15, 0.2) is 24.4 Å². The molecule has 0 aliphatic rings. The monoisotopic (exact) mass is 319 g/mol. The first-order chi connectivity index (χ1) is 10.9. The van der Waals surface area contributed by atoms with Crippen LogP contribution >= 0.6 is 0 Å². The van der Waals surface area contributed by atoms with E-state index >= 15 is 0 Å². The standard InChI is InChI=1S/C14H14FN5O3/c1-8(2)17-13-12(20(22)23)6-16-14(19-13)18-11-4-3-9(7-21)5-10(11)15/h3-8H,1-2H3,(H2,16,17,18,19). The smallest absolute Gasteiger partial charge is 0.329 e. The maximum absolute atomic E-state index is 13.8. The number of carbonyl (C=O) groups excluding carboxylic acids is 1. The Kier molecular flexibility index (Phi) is 4.79. The molecule has 23 heavy (non-hydrogen) atoms. The number of anilines is 3. The molecule has 1 aromatic heterocycles. The van der Waals surface area contributed by atoms with Gasteiger partial charge in [-0.15, -0.1) is 0 Å². The van der Waals surface area contributed by atoms with Crippen LogP contribution in [-0.2, 0) is 0 Å². The van der Waals surface area contributed by atoms with Crippen molar-refractivity contribution in [2.75, 3.05) is 10.6 Å². The molecule has 0 fully saturated rings. The van der Waals surface area contributed by atoms with Crippen LogP contribution in [0.4, 0.5) is 27.5 Å². The lowest BCUT2D eigenvalue weighted by molar-refractivity contribution is -0.384. The average Bonchev–Trinajstić information content (AvgIpc) is 2.48. The summed E-state index contributed by atoms with van der Waals surface area (Å²) in [4.78, 5) is 28.8. The number of carbonyl (C=O) groups is 1. The Hall–Kier alpha value is -3.10. The second-order valence-electron chi connectivity index (χ2n) is 4.97. The first-order valence-corrected chi connectivity index (χ1v) is 6.70. The lowest BCUT2D eigenvalue weighted by atomic mass is 10.2. The van der Waals surface area contributed by atoms with Gasteiger partial charge in [0.05, 0.1) is 10.6 Å². The summed E-state index contributed by atoms with van der Waals surface area (Å²) in [5, 5.41) is 16.4. The topological polar surface area (TPSA) is 110 Å². The quantitative estimate of drug-likeness (QED) is 0.478. The molecule has 2 rings (SSSR count). The van der Waals surface area contributed by atoms with E-state index in [-0.39, 0.29) is 34.7 Å². The van der Waals surface area contributed by atoms with Crippen LogP contribution in [0.25, 0.3) is 0 Å². The highest BCUT2D eigenvalue weighted by Gasteiger charge is 2.18. The van der Waals surface area contributed by atoms with Crippen LogP contribution in [0.1, 0.15) is 24.2 Å². The normalized spacial score (nSPS) is 10.4. The van der Waals surface area contributed by atoms with Crippen molar-refractivity contribution in [2.45, 2.75) is 19.9 Å². The SMILES string of the molecule is CC(C)Nc1nc(Nc2ccc(C=O)cc2F)ncc1[N+](=O)[O-]. The van der Waals surface area contributed by atoms with Crippen molar-refractivity contribution < 1.29 is 14.1 Å². The average molecular weight is 319 g/mol. The third kappa shape index (κ3) is 3.96. The molecule has 0 amide bonds. The van der Waals surface area contributed by atoms with Gasteiger partial charge in [0.15, 0.2) is 0 Å². The molecule has 9 heteroatoms. The molecule has 0 spiro atoms. The van der Waals surface area contributed by atoms with E-state index in [4.69, 9.17) is 0 Å². The van der Waals surface area contributed by atoms with Gasteiger partial charge in [0.2, 0.25) is 11.8 Å². The maximum atomic E-state index is 13.8. The zero-order valence-electron chi connectivity index (χ0n) is 12.4. The van der Waals surface area contributed by atoms with Crippen molar-refractivity contribution in [3.05, 3.63) is 45.9 Å². The van der Waals surface area contributed by atoms with E-state index < -0.39 is 10.7 Å². The van der Waals surface area contributed by atoms with Gasteiger partial charge in [-0.2, -0.15) is 4.98 Å². The molecule has 0 atom stereocenters. The number of nitrogens with zero attached hydrogens (tertiary/aromatic N) is 3. The van der Waals surface area contributed by atoms with Crippen LogP contribution < -0.4 is 10.6 Å². The van der Waals surface area contributed by atoms with Gasteiger partial charge in [0.25, 0.3) is 0 Å². The predicted octanol–water partition coefficient (Wildman–Crippen LogP) is 2.90. The number of hydrogen-bond acceptors (Lipinski definition) is 7. The van der Waals surface area contributed by atoms with Crippen molar-refractivity contribution in [3.8, 4) is 0 Å². The minimum absolute atomic E-state index is 0.00324. The Morgan fingerprint density at radius 3 is 2.70 bits per heavy atom. The van der Waals surface area contributed by atoms with Crippen molar-refractivity contribution in [2.24, 2.45) is 0 Å². The summed E-state index contributed by atoms with van der Waals surface area (Å²) in [5.41, 5.74) is -0.0270. The fourth-order valence-corrected chi connectivity index (χ4v) is 1.78. The Morgan fingerprint density at radius 1 is 1.39 bits per heavy atom. The maximum Gasteiger partial charge on any atom is 0.329 e. The van der Waals surface area contributed by atoms with Crippen molar-refractivity contribution >= 4 is 29.4 Å². The molecule has 2 aromatic rings. The fourth-order valence-electron chi connectivity index (χ4n) is 1.78. The van der Waals surface area contributed by atoms with Gasteiger partial charge in [-0.3, -0.25) is 14.9 Å². The summed E-state index contributed by atoms with van der Waals surface area (Å²) in [7, 11) is 0. The van der Waals surface area contributed by atoms with Crippen molar-refractivity contribution in [1.82, 2.24) is 9.97 Å². The molecule has 0 saturated carbocycles. The molecular weight excluding hydrogens is 305 g/mol. The number of aldehydes is 1. The molecule has 1 aromatic carbocycles. The molecule has 0 bridgehead atoms. The van der Waals surface area contributed by atoms with Crippen LogP contribution in [0.2, 0.25) is 0 Å². The van der Waals surface area contributed by atoms with E-state index in [0.717, 1.165) is 12.3 Å². The molecule has 0 radical (unpaired) electrons. The Morgan fingerprint density at radius 2 is 2.13 bits per heavy atom. The summed E-state index contributed by atoms with van der Waals surface area (Å²) in [6, 6.07) is 3.77. The molecule has 120 valence electrons. The lowest BCUT2D eigenvalue weighted by Crippen LogP contribution is -2.14. The van der Waals surface area contributed by atoms with Gasteiger partial charge in [-0.1, -0.05) is 0 Å². The van der Waals surface area contributed by atoms with E-state index in [1.165, 1.54) is 12.1 Å². The molecule has 0 saturated heterocycles. The highest BCUT2D eigenvalue weighted by molar-refractivity contribution is 5.76. The van der Waals surface area contributed by atoms with Gasteiger partial charge >= 0.3 is 5.69 Å². The molecule has 0 aliphatic carbocycles. The minimum atomic E-state index is -0.657. The van der Waals surface area contributed by atoms with Crippen LogP contribution in [0.5, 0.6) is 0 Å². The van der Waals surface area contributed by atoms with E-state index in [1.54, 1.807) is 13.8 Å². The summed E-state index contributed by atoms with van der Waals surface area (Å²) in [5.74, 6) is -0.626. The summed E-state index contributed by atoms with van der Waals surface area (Å²) < 4.78 is 13.8. The summed E-state index contributed by atoms with van der Waals surface area (Å²) in [6.07, 6.45) is 1.57. The highest BCUT2D eigenvalue weighted by atomic mass is 19.1. The van der Waals surface area contributed by atoms with E-state index in [0.29, 0.717) is 6.29 Å². The van der Waals surface area contributed by atoms with Crippen LogP contribution in [0.3, 0.4) is 0 Å². The molecular formula is C14H14FN5O3. The van der Waals surface area contributed by atoms with Crippen LogP contribution in [-0.4, -0.2) is 27.2 Å². The largest absolute Gasteiger partial charge is 0.362 e. The Balaban J connectivity index is 2.33. The van der Waals surface area contributed by atoms with E-state index in [2.05, 4.69) is 20.6 Å². The van der Waals surface area contributed by atoms with Crippen molar-refractivity contribution in [1.29, 1.82) is 0 Å². The highest BCUT2D eigenvalue weighted by Crippen LogP contribution is 2.25. The Bertz CT molecular complexity index is 751. The molecule has 0 unspecified atom stereocenters.